The van der Waals surface area contributed by atoms with Gasteiger partial charge in [0.1, 0.15) is 0 Å². The molecule has 0 unspecified atom stereocenters. The molecule has 0 saturated heterocycles. The molecule has 0 spiro atoms. The van der Waals surface area contributed by atoms with Crippen molar-refractivity contribution in [3.8, 4) is 11.4 Å². The van der Waals surface area contributed by atoms with Crippen molar-refractivity contribution in [3.63, 3.8) is 0 Å². The smallest absolute Gasteiger partial charge is 0.246 e. The van der Waals surface area contributed by atoms with Crippen molar-refractivity contribution in [3.05, 3.63) is 65.5 Å². The lowest BCUT2D eigenvalue weighted by atomic mass is 10.1. The Bertz CT molecular complexity index is 732. The van der Waals surface area contributed by atoms with Crippen LogP contribution in [0.15, 0.2) is 53.1 Å². The Morgan fingerprint density at radius 2 is 1.76 bits per heavy atom. The van der Waals surface area contributed by atoms with Crippen LogP contribution in [0.1, 0.15) is 17.0 Å². The zero-order valence-electron chi connectivity index (χ0n) is 12.1. The molecular formula is C17H17N3O. The Labute approximate surface area is 123 Å². The van der Waals surface area contributed by atoms with Crippen molar-refractivity contribution >= 4 is 5.69 Å². The van der Waals surface area contributed by atoms with Gasteiger partial charge in [-0.15, -0.1) is 0 Å². The topological polar surface area (TPSA) is 51.0 Å². The molecule has 4 heteroatoms. The van der Waals surface area contributed by atoms with Crippen LogP contribution in [0.5, 0.6) is 0 Å². The van der Waals surface area contributed by atoms with E-state index in [0.29, 0.717) is 18.3 Å². The second-order valence-corrected chi connectivity index (χ2v) is 5.05. The molecule has 0 saturated carbocycles. The third-order valence-electron chi connectivity index (χ3n) is 3.35. The Kier molecular flexibility index (Phi) is 3.69. The van der Waals surface area contributed by atoms with Crippen LogP contribution in [0, 0.1) is 13.8 Å². The fourth-order valence-electron chi connectivity index (χ4n) is 2.11. The van der Waals surface area contributed by atoms with E-state index in [9.17, 15) is 0 Å². The lowest BCUT2D eigenvalue weighted by Gasteiger charge is -2.03. The first-order valence-corrected chi connectivity index (χ1v) is 6.91. The van der Waals surface area contributed by atoms with Crippen molar-refractivity contribution in [1.82, 2.24) is 10.1 Å². The second kappa shape index (κ2) is 5.79. The predicted octanol–water partition coefficient (Wildman–Crippen LogP) is 3.97. The molecule has 0 aliphatic carbocycles. The summed E-state index contributed by atoms with van der Waals surface area (Å²) in [5.41, 5.74) is 4.41. The first-order chi connectivity index (χ1) is 10.2. The van der Waals surface area contributed by atoms with Gasteiger partial charge in [-0.25, -0.2) is 0 Å². The van der Waals surface area contributed by atoms with Crippen molar-refractivity contribution in [2.24, 2.45) is 0 Å². The number of nitrogens with one attached hydrogen (secondary N) is 1. The number of nitrogens with zero attached hydrogens (tertiary/aromatic N) is 2. The van der Waals surface area contributed by atoms with E-state index in [2.05, 4.69) is 34.5 Å². The molecule has 0 aliphatic rings. The molecule has 0 fully saturated rings. The molecule has 0 atom stereocenters. The van der Waals surface area contributed by atoms with Crippen molar-refractivity contribution < 1.29 is 4.52 Å². The van der Waals surface area contributed by atoms with Gasteiger partial charge in [0.15, 0.2) is 0 Å². The zero-order valence-corrected chi connectivity index (χ0v) is 12.1. The van der Waals surface area contributed by atoms with E-state index in [-0.39, 0.29) is 0 Å². The maximum Gasteiger partial charge on any atom is 0.246 e. The summed E-state index contributed by atoms with van der Waals surface area (Å²) in [6, 6.07) is 16.2. The number of rotatable bonds is 4. The molecule has 4 nitrogen and oxygen atoms in total. The second-order valence-electron chi connectivity index (χ2n) is 5.05. The number of benzene rings is 2. The van der Waals surface area contributed by atoms with Gasteiger partial charge >= 0.3 is 0 Å². The lowest BCUT2D eigenvalue weighted by Crippen LogP contribution is -1.99. The van der Waals surface area contributed by atoms with Crippen LogP contribution < -0.4 is 5.32 Å². The van der Waals surface area contributed by atoms with E-state index in [0.717, 1.165) is 16.8 Å². The summed E-state index contributed by atoms with van der Waals surface area (Å²) >= 11 is 0. The molecule has 3 aromatic rings. The average Bonchev–Trinajstić information content (AvgIpc) is 2.96. The average molecular weight is 279 g/mol. The normalized spacial score (nSPS) is 10.6. The van der Waals surface area contributed by atoms with E-state index in [4.69, 9.17) is 4.52 Å². The van der Waals surface area contributed by atoms with Gasteiger partial charge in [0.25, 0.3) is 0 Å². The SMILES string of the molecule is Cc1ccc(NCc2nc(-c3ccccc3C)no2)cc1. The van der Waals surface area contributed by atoms with Crippen LogP contribution in [-0.4, -0.2) is 10.1 Å². The molecule has 21 heavy (non-hydrogen) atoms. The highest BCUT2D eigenvalue weighted by atomic mass is 16.5. The fraction of sp³-hybridized carbons (Fsp3) is 0.176. The summed E-state index contributed by atoms with van der Waals surface area (Å²) in [6.07, 6.45) is 0. The van der Waals surface area contributed by atoms with E-state index in [1.54, 1.807) is 0 Å². The molecular weight excluding hydrogens is 262 g/mol. The molecule has 2 aromatic carbocycles. The van der Waals surface area contributed by atoms with E-state index < -0.39 is 0 Å². The van der Waals surface area contributed by atoms with E-state index in [1.165, 1.54) is 5.56 Å². The quantitative estimate of drug-likeness (QED) is 0.785. The van der Waals surface area contributed by atoms with Crippen molar-refractivity contribution in [2.75, 3.05) is 5.32 Å². The number of anilines is 1. The molecule has 0 aliphatic heterocycles. The minimum atomic E-state index is 0.516. The summed E-state index contributed by atoms with van der Waals surface area (Å²) in [6.45, 7) is 4.62. The standard InChI is InChI=1S/C17H17N3O/c1-12-7-9-14(10-8-12)18-11-16-19-17(20-21-16)15-6-4-3-5-13(15)2/h3-10,18H,11H2,1-2H3. The lowest BCUT2D eigenvalue weighted by molar-refractivity contribution is 0.384. The van der Waals surface area contributed by atoms with Crippen molar-refractivity contribution in [1.29, 1.82) is 0 Å². The highest BCUT2D eigenvalue weighted by molar-refractivity contribution is 5.59. The van der Waals surface area contributed by atoms with Crippen LogP contribution in [0.2, 0.25) is 0 Å². The minimum absolute atomic E-state index is 0.516. The Morgan fingerprint density at radius 3 is 2.52 bits per heavy atom. The highest BCUT2D eigenvalue weighted by Crippen LogP contribution is 2.20. The minimum Gasteiger partial charge on any atom is -0.376 e. The number of aromatic nitrogens is 2. The van der Waals surface area contributed by atoms with Crippen LogP contribution >= 0.6 is 0 Å². The number of aryl methyl sites for hydroxylation is 2. The molecule has 0 radical (unpaired) electrons. The van der Waals surface area contributed by atoms with Gasteiger partial charge in [0.2, 0.25) is 11.7 Å². The van der Waals surface area contributed by atoms with E-state index in [1.807, 2.05) is 43.3 Å². The molecule has 1 aromatic heterocycles. The van der Waals surface area contributed by atoms with Gasteiger partial charge < -0.3 is 9.84 Å². The summed E-state index contributed by atoms with van der Waals surface area (Å²) < 4.78 is 5.30. The van der Waals surface area contributed by atoms with Gasteiger partial charge in [-0.05, 0) is 31.5 Å². The Balaban J connectivity index is 1.71. The van der Waals surface area contributed by atoms with Crippen LogP contribution in [0.4, 0.5) is 5.69 Å². The third-order valence-corrected chi connectivity index (χ3v) is 3.35. The third kappa shape index (κ3) is 3.11. The molecule has 3 rings (SSSR count). The summed E-state index contributed by atoms with van der Waals surface area (Å²) in [5.74, 6) is 1.21. The van der Waals surface area contributed by atoms with Gasteiger partial charge in [0, 0.05) is 11.3 Å². The van der Waals surface area contributed by atoms with Gasteiger partial charge in [-0.2, -0.15) is 4.98 Å². The largest absolute Gasteiger partial charge is 0.376 e. The number of hydrogen-bond donors (Lipinski definition) is 1. The van der Waals surface area contributed by atoms with Gasteiger partial charge in [-0.3, -0.25) is 0 Å². The Hall–Kier alpha value is -2.62. The van der Waals surface area contributed by atoms with Crippen LogP contribution in [0.3, 0.4) is 0 Å². The monoisotopic (exact) mass is 279 g/mol. The summed E-state index contributed by atoms with van der Waals surface area (Å²) in [4.78, 5) is 4.43. The highest BCUT2D eigenvalue weighted by Gasteiger charge is 2.10. The fourth-order valence-corrected chi connectivity index (χ4v) is 2.11. The van der Waals surface area contributed by atoms with Crippen LogP contribution in [0.25, 0.3) is 11.4 Å². The Morgan fingerprint density at radius 1 is 1.00 bits per heavy atom. The molecule has 1 N–H and O–H groups in total. The first-order valence-electron chi connectivity index (χ1n) is 6.91. The number of hydrogen-bond acceptors (Lipinski definition) is 4. The molecule has 0 amide bonds. The molecule has 1 heterocycles. The molecule has 0 bridgehead atoms. The van der Waals surface area contributed by atoms with E-state index >= 15 is 0 Å². The summed E-state index contributed by atoms with van der Waals surface area (Å²) in [5, 5.41) is 7.32. The predicted molar refractivity (Wildman–Crippen MR) is 83.0 cm³/mol. The zero-order chi connectivity index (χ0) is 14.7. The van der Waals surface area contributed by atoms with Crippen LogP contribution in [-0.2, 0) is 6.54 Å². The first kappa shape index (κ1) is 13.4. The van der Waals surface area contributed by atoms with Gasteiger partial charge in [0.05, 0.1) is 6.54 Å². The maximum atomic E-state index is 5.30. The maximum absolute atomic E-state index is 5.30. The summed E-state index contributed by atoms with van der Waals surface area (Å²) in [7, 11) is 0. The van der Waals surface area contributed by atoms with Crippen molar-refractivity contribution in [2.45, 2.75) is 20.4 Å². The van der Waals surface area contributed by atoms with Gasteiger partial charge in [-0.1, -0.05) is 47.1 Å². The molecule has 106 valence electrons.